The Morgan fingerprint density at radius 3 is 1.82 bits per heavy atom. The lowest BCUT2D eigenvalue weighted by Crippen LogP contribution is -2.08. The summed E-state index contributed by atoms with van der Waals surface area (Å²) in [6.07, 6.45) is 16.9. The van der Waals surface area contributed by atoms with Crippen molar-refractivity contribution in [1.29, 1.82) is 0 Å². The zero-order chi connectivity index (χ0) is 20.6. The first-order valence-corrected chi connectivity index (χ1v) is 11.8. The summed E-state index contributed by atoms with van der Waals surface area (Å²) in [4.78, 5) is 0. The van der Waals surface area contributed by atoms with Gasteiger partial charge in [0.15, 0.2) is 0 Å². The fourth-order valence-electron chi connectivity index (χ4n) is 4.16. The largest absolute Gasteiger partial charge is 0.508 e. The molecule has 1 aromatic carbocycles. The van der Waals surface area contributed by atoms with Crippen LogP contribution in [0.1, 0.15) is 116 Å². The van der Waals surface area contributed by atoms with E-state index < -0.39 is 0 Å². The third-order valence-electron chi connectivity index (χ3n) is 7.18. The second-order valence-corrected chi connectivity index (χ2v) is 10.4. The van der Waals surface area contributed by atoms with Crippen molar-refractivity contribution in [3.05, 3.63) is 23.3 Å². The number of benzene rings is 1. The molecule has 0 aromatic heterocycles. The summed E-state index contributed by atoms with van der Waals surface area (Å²) < 4.78 is 0. The lowest BCUT2D eigenvalue weighted by atomic mass is 9.84. The smallest absolute Gasteiger partial charge is 0.119 e. The van der Waals surface area contributed by atoms with Crippen LogP contribution in [0.2, 0.25) is 0 Å². The molecular formula is C26H44O2. The normalized spacial score (nSPS) is 15.7. The molecule has 1 aliphatic carbocycles. The molecule has 2 nitrogen and oxygen atoms in total. The zero-order valence-corrected chi connectivity index (χ0v) is 18.9. The highest BCUT2D eigenvalue weighted by Crippen LogP contribution is 2.49. The van der Waals surface area contributed by atoms with Gasteiger partial charge < -0.3 is 10.2 Å². The Balaban J connectivity index is 1.75. The van der Waals surface area contributed by atoms with E-state index in [9.17, 15) is 10.2 Å². The van der Waals surface area contributed by atoms with Crippen LogP contribution in [0.4, 0.5) is 0 Å². The number of phenolic OH excluding ortho intramolecular Hbond substituents is 2. The molecule has 28 heavy (non-hydrogen) atoms. The minimum absolute atomic E-state index is 0.366. The molecule has 0 heterocycles. The van der Waals surface area contributed by atoms with Crippen molar-refractivity contribution in [1.82, 2.24) is 0 Å². The summed E-state index contributed by atoms with van der Waals surface area (Å²) in [5.41, 5.74) is 3.09. The Hall–Kier alpha value is -1.18. The SMILES string of the molecule is CCC(C)(C)CCCCCCc1c(O)ccc(O)c1CCCCCC1(C)CC1. The summed E-state index contributed by atoms with van der Waals surface area (Å²) >= 11 is 0. The van der Waals surface area contributed by atoms with Gasteiger partial charge in [0.2, 0.25) is 0 Å². The van der Waals surface area contributed by atoms with Crippen LogP contribution in [-0.4, -0.2) is 10.2 Å². The Morgan fingerprint density at radius 1 is 0.821 bits per heavy atom. The van der Waals surface area contributed by atoms with Crippen LogP contribution in [0.3, 0.4) is 0 Å². The topological polar surface area (TPSA) is 40.5 Å². The maximum Gasteiger partial charge on any atom is 0.119 e. The van der Waals surface area contributed by atoms with Gasteiger partial charge >= 0.3 is 0 Å². The Kier molecular flexibility index (Phi) is 8.71. The molecule has 160 valence electrons. The molecule has 0 amide bonds. The first-order chi connectivity index (χ1) is 13.3. The van der Waals surface area contributed by atoms with Gasteiger partial charge in [-0.25, -0.2) is 0 Å². The summed E-state index contributed by atoms with van der Waals surface area (Å²) in [5, 5.41) is 20.7. The van der Waals surface area contributed by atoms with Crippen molar-refractivity contribution in [3.63, 3.8) is 0 Å². The highest BCUT2D eigenvalue weighted by Gasteiger charge is 2.35. The van der Waals surface area contributed by atoms with Crippen LogP contribution in [0.5, 0.6) is 11.5 Å². The van der Waals surface area contributed by atoms with E-state index in [1.165, 1.54) is 64.2 Å². The third-order valence-corrected chi connectivity index (χ3v) is 7.18. The molecule has 0 saturated heterocycles. The predicted octanol–water partition coefficient (Wildman–Crippen LogP) is 7.93. The van der Waals surface area contributed by atoms with Gasteiger partial charge in [-0.15, -0.1) is 0 Å². The Bertz CT molecular complexity index is 599. The van der Waals surface area contributed by atoms with Gasteiger partial charge in [0.1, 0.15) is 11.5 Å². The van der Waals surface area contributed by atoms with E-state index in [1.807, 2.05) is 0 Å². The highest BCUT2D eigenvalue weighted by molar-refractivity contribution is 5.47. The van der Waals surface area contributed by atoms with Crippen molar-refractivity contribution in [3.8, 4) is 11.5 Å². The van der Waals surface area contributed by atoms with E-state index in [0.29, 0.717) is 22.3 Å². The van der Waals surface area contributed by atoms with Gasteiger partial charge in [0.25, 0.3) is 0 Å². The fraction of sp³-hybridized carbons (Fsp3) is 0.769. The molecule has 1 aliphatic rings. The average Bonchev–Trinajstić information content (AvgIpc) is 3.39. The van der Waals surface area contributed by atoms with E-state index in [4.69, 9.17) is 0 Å². The van der Waals surface area contributed by atoms with Crippen molar-refractivity contribution in [2.24, 2.45) is 10.8 Å². The van der Waals surface area contributed by atoms with Crippen molar-refractivity contribution < 1.29 is 10.2 Å². The van der Waals surface area contributed by atoms with Crippen molar-refractivity contribution in [2.75, 3.05) is 0 Å². The van der Waals surface area contributed by atoms with Crippen LogP contribution in [0.15, 0.2) is 12.1 Å². The first kappa shape index (κ1) is 23.1. The van der Waals surface area contributed by atoms with E-state index in [0.717, 1.165) is 36.8 Å². The number of rotatable bonds is 14. The number of aromatic hydroxyl groups is 2. The van der Waals surface area contributed by atoms with Gasteiger partial charge in [-0.05, 0) is 74.3 Å². The van der Waals surface area contributed by atoms with Gasteiger partial charge in [-0.2, -0.15) is 0 Å². The summed E-state index contributed by atoms with van der Waals surface area (Å²) in [5.74, 6) is 0.733. The molecule has 0 unspecified atom stereocenters. The van der Waals surface area contributed by atoms with Crippen molar-refractivity contribution in [2.45, 2.75) is 118 Å². The maximum atomic E-state index is 10.4. The molecule has 0 radical (unpaired) electrons. The minimum atomic E-state index is 0.366. The molecule has 2 rings (SSSR count). The van der Waals surface area contributed by atoms with Crippen LogP contribution in [0.25, 0.3) is 0 Å². The lowest BCUT2D eigenvalue weighted by molar-refractivity contribution is 0.307. The molecular weight excluding hydrogens is 344 g/mol. The van der Waals surface area contributed by atoms with E-state index in [2.05, 4.69) is 27.7 Å². The number of phenols is 2. The van der Waals surface area contributed by atoms with Crippen LogP contribution < -0.4 is 0 Å². The summed E-state index contributed by atoms with van der Waals surface area (Å²) in [6.45, 7) is 9.39. The second-order valence-electron chi connectivity index (χ2n) is 10.4. The minimum Gasteiger partial charge on any atom is -0.508 e. The maximum absolute atomic E-state index is 10.4. The number of unbranched alkanes of at least 4 members (excludes halogenated alkanes) is 5. The molecule has 2 heteroatoms. The van der Waals surface area contributed by atoms with Crippen LogP contribution in [0, 0.1) is 10.8 Å². The predicted molar refractivity (Wildman–Crippen MR) is 120 cm³/mol. The van der Waals surface area contributed by atoms with Gasteiger partial charge in [0.05, 0.1) is 0 Å². The van der Waals surface area contributed by atoms with Gasteiger partial charge in [-0.1, -0.05) is 66.2 Å². The molecule has 2 N–H and O–H groups in total. The van der Waals surface area contributed by atoms with Crippen LogP contribution >= 0.6 is 0 Å². The molecule has 1 aromatic rings. The lowest BCUT2D eigenvalue weighted by Gasteiger charge is -2.22. The molecule has 0 atom stereocenters. The quantitative estimate of drug-likeness (QED) is 0.251. The Labute approximate surface area is 173 Å². The molecule has 1 saturated carbocycles. The monoisotopic (exact) mass is 388 g/mol. The molecule has 0 spiro atoms. The number of hydrogen-bond acceptors (Lipinski definition) is 2. The zero-order valence-electron chi connectivity index (χ0n) is 18.9. The van der Waals surface area contributed by atoms with Crippen molar-refractivity contribution >= 4 is 0 Å². The first-order valence-electron chi connectivity index (χ1n) is 11.8. The fourth-order valence-corrected chi connectivity index (χ4v) is 4.16. The summed E-state index contributed by atoms with van der Waals surface area (Å²) in [6, 6.07) is 3.32. The van der Waals surface area contributed by atoms with E-state index in [1.54, 1.807) is 12.1 Å². The third kappa shape index (κ3) is 7.68. The van der Waals surface area contributed by atoms with Gasteiger partial charge in [-0.3, -0.25) is 0 Å². The second kappa shape index (κ2) is 10.6. The van der Waals surface area contributed by atoms with Crippen LogP contribution in [-0.2, 0) is 12.8 Å². The average molecular weight is 389 g/mol. The summed E-state index contributed by atoms with van der Waals surface area (Å²) in [7, 11) is 0. The van der Waals surface area contributed by atoms with Gasteiger partial charge in [0, 0.05) is 11.1 Å². The molecule has 1 fully saturated rings. The van der Waals surface area contributed by atoms with E-state index in [-0.39, 0.29) is 0 Å². The highest BCUT2D eigenvalue weighted by atomic mass is 16.3. The molecule has 0 bridgehead atoms. The molecule has 0 aliphatic heterocycles. The standard InChI is InChI=1S/C26H44O2/c1-5-25(2,3)17-11-7-6-9-13-21-22(24(28)16-15-23(21)27)14-10-8-12-18-26(4)19-20-26/h15-16,27-28H,5-14,17-20H2,1-4H3. The van der Waals surface area contributed by atoms with E-state index >= 15 is 0 Å². The Morgan fingerprint density at radius 2 is 1.32 bits per heavy atom. The number of hydrogen-bond donors (Lipinski definition) is 2.